The van der Waals surface area contributed by atoms with E-state index >= 15 is 0 Å². The van der Waals surface area contributed by atoms with Crippen LogP contribution < -0.4 is 0 Å². The van der Waals surface area contributed by atoms with Crippen LogP contribution in [0.5, 0.6) is 0 Å². The van der Waals surface area contributed by atoms with Crippen LogP contribution >= 0.6 is 0 Å². The Morgan fingerprint density at radius 3 is 2.27 bits per heavy atom. The molecule has 2 nitrogen and oxygen atoms in total. The van der Waals surface area contributed by atoms with Gasteiger partial charge in [-0.05, 0) is 40.5 Å². The molecule has 1 rings (SSSR count). The molecule has 0 unspecified atom stereocenters. The van der Waals surface area contributed by atoms with Crippen molar-refractivity contribution in [3.05, 3.63) is 35.4 Å². The highest BCUT2D eigenvalue weighted by Gasteiger charge is 2.00. The van der Waals surface area contributed by atoms with E-state index in [0.717, 1.165) is 5.56 Å². The first-order valence-electron chi connectivity index (χ1n) is 4.88. The zero-order valence-electron chi connectivity index (χ0n) is 9.95. The number of carbonyl (C=O) groups excluding carboxylic acids is 1. The van der Waals surface area contributed by atoms with Crippen molar-refractivity contribution in [2.45, 2.75) is 13.2 Å². The fourth-order valence-corrected chi connectivity index (χ4v) is 0.936. The lowest BCUT2D eigenvalue weighted by Crippen LogP contribution is -1.99. The summed E-state index contributed by atoms with van der Waals surface area (Å²) in [4.78, 5) is 13.0. The number of aryl methyl sites for hydroxylation is 1. The van der Waals surface area contributed by atoms with Crippen LogP contribution in [0.25, 0.3) is 0 Å². The van der Waals surface area contributed by atoms with Gasteiger partial charge in [-0.1, -0.05) is 23.8 Å². The fourth-order valence-electron chi connectivity index (χ4n) is 0.936. The van der Waals surface area contributed by atoms with Crippen LogP contribution in [0.15, 0.2) is 24.3 Å². The molecule has 0 heterocycles. The second-order valence-corrected chi connectivity index (χ2v) is 3.84. The van der Waals surface area contributed by atoms with Crippen LogP contribution in [-0.4, -0.2) is 39.7 Å². The Kier molecular flexibility index (Phi) is 6.72. The zero-order chi connectivity index (χ0) is 11.8. The highest BCUT2D eigenvalue weighted by Crippen LogP contribution is 2.05. The quantitative estimate of drug-likeness (QED) is 0.540. The Bertz CT molecular complexity index is 307. The van der Waals surface area contributed by atoms with Gasteiger partial charge in [0.25, 0.3) is 0 Å². The van der Waals surface area contributed by atoms with Gasteiger partial charge in [0.05, 0.1) is 7.85 Å². The first-order chi connectivity index (χ1) is 6.97. The smallest absolute Gasteiger partial charge is 0.154 e. The van der Waals surface area contributed by atoms with Gasteiger partial charge in [-0.2, -0.15) is 0 Å². The van der Waals surface area contributed by atoms with E-state index in [4.69, 9.17) is 7.85 Å². The Balaban J connectivity index is 0.000000423. The van der Waals surface area contributed by atoms with Crippen molar-refractivity contribution in [2.24, 2.45) is 0 Å². The van der Waals surface area contributed by atoms with Gasteiger partial charge in [0.1, 0.15) is 0 Å². The number of hydrogen-bond acceptors (Lipinski definition) is 2. The lowest BCUT2D eigenvalue weighted by Gasteiger charge is -1.97. The number of Topliss-reactive ketones (excluding diaryl/α,β-unsaturated/α-hetero) is 1. The molecule has 3 heteroatoms. The molecule has 0 saturated carbocycles. The highest BCUT2D eigenvalue weighted by atomic mass is 16.1. The molecule has 0 aliphatic heterocycles. The zero-order valence-corrected chi connectivity index (χ0v) is 9.95. The molecule has 0 fully saturated rings. The largest absolute Gasteiger partial charge is 0.312 e. The summed E-state index contributed by atoms with van der Waals surface area (Å²) >= 11 is 0. The van der Waals surface area contributed by atoms with Crippen LogP contribution in [0.4, 0.5) is 0 Å². The SMILES string of the molecule is CN(C)C.[B]CC(=O)c1cccc(C)c1. The number of carbonyl (C=O) groups is 1. The summed E-state index contributed by atoms with van der Waals surface area (Å²) in [5.74, 6) is -0.00583. The molecule has 1 aromatic carbocycles. The summed E-state index contributed by atoms with van der Waals surface area (Å²) in [6.07, 6.45) is 0.0868. The lowest BCUT2D eigenvalue weighted by molar-refractivity contribution is 0.101. The molecule has 0 amide bonds. The van der Waals surface area contributed by atoms with Gasteiger partial charge in [-0.25, -0.2) is 0 Å². The maximum Gasteiger partial charge on any atom is 0.154 e. The first-order valence-corrected chi connectivity index (χ1v) is 4.88. The molecule has 0 saturated heterocycles. The van der Waals surface area contributed by atoms with Gasteiger partial charge < -0.3 is 4.90 Å². The standard InChI is InChI=1S/C9H9BO.C3H9N/c1-7-3-2-4-8(5-7)9(11)6-10;1-4(2)3/h2-5H,6H2,1H3;1-3H3. The molecule has 80 valence electrons. The maximum absolute atomic E-state index is 11.0. The van der Waals surface area contributed by atoms with Crippen molar-refractivity contribution in [2.75, 3.05) is 21.1 Å². The van der Waals surface area contributed by atoms with E-state index in [1.54, 1.807) is 6.07 Å². The molecular formula is C12H18BNO. The van der Waals surface area contributed by atoms with E-state index in [1.165, 1.54) is 0 Å². The van der Waals surface area contributed by atoms with Crippen molar-refractivity contribution >= 4 is 13.6 Å². The molecule has 0 bridgehead atoms. The van der Waals surface area contributed by atoms with Gasteiger partial charge in [0, 0.05) is 5.56 Å². The molecule has 2 radical (unpaired) electrons. The van der Waals surface area contributed by atoms with Gasteiger partial charge in [-0.15, -0.1) is 0 Å². The topological polar surface area (TPSA) is 20.3 Å². The van der Waals surface area contributed by atoms with E-state index in [-0.39, 0.29) is 12.1 Å². The lowest BCUT2D eigenvalue weighted by atomic mass is 9.95. The molecular weight excluding hydrogens is 185 g/mol. The monoisotopic (exact) mass is 203 g/mol. The van der Waals surface area contributed by atoms with E-state index in [9.17, 15) is 4.79 Å². The Morgan fingerprint density at radius 2 is 1.87 bits per heavy atom. The van der Waals surface area contributed by atoms with E-state index in [0.29, 0.717) is 5.56 Å². The summed E-state index contributed by atoms with van der Waals surface area (Å²) in [6, 6.07) is 7.43. The Labute approximate surface area is 93.7 Å². The number of benzene rings is 1. The molecule has 0 aliphatic carbocycles. The van der Waals surface area contributed by atoms with E-state index in [2.05, 4.69) is 0 Å². The van der Waals surface area contributed by atoms with Crippen molar-refractivity contribution in [3.8, 4) is 0 Å². The van der Waals surface area contributed by atoms with E-state index in [1.807, 2.05) is 51.2 Å². The predicted octanol–water partition coefficient (Wildman–Crippen LogP) is 1.94. The van der Waals surface area contributed by atoms with Crippen molar-refractivity contribution in [3.63, 3.8) is 0 Å². The minimum atomic E-state index is -0.00583. The molecule has 0 N–H and O–H groups in total. The third kappa shape index (κ3) is 6.92. The van der Waals surface area contributed by atoms with Crippen LogP contribution in [0.3, 0.4) is 0 Å². The van der Waals surface area contributed by atoms with Gasteiger partial charge >= 0.3 is 0 Å². The molecule has 0 aliphatic rings. The summed E-state index contributed by atoms with van der Waals surface area (Å²) in [6.45, 7) is 1.95. The number of ketones is 1. The Morgan fingerprint density at radius 1 is 1.33 bits per heavy atom. The second kappa shape index (κ2) is 7.24. The molecule has 1 aromatic rings. The van der Waals surface area contributed by atoms with Crippen molar-refractivity contribution < 1.29 is 4.79 Å². The third-order valence-electron chi connectivity index (χ3n) is 1.53. The van der Waals surface area contributed by atoms with Crippen molar-refractivity contribution in [1.82, 2.24) is 4.90 Å². The molecule has 0 aromatic heterocycles. The van der Waals surface area contributed by atoms with Crippen LogP contribution in [0, 0.1) is 6.92 Å². The molecule has 0 spiro atoms. The van der Waals surface area contributed by atoms with Crippen LogP contribution in [0.2, 0.25) is 6.32 Å². The number of rotatable bonds is 2. The van der Waals surface area contributed by atoms with E-state index < -0.39 is 0 Å². The van der Waals surface area contributed by atoms with Gasteiger partial charge in [-0.3, -0.25) is 4.79 Å². The van der Waals surface area contributed by atoms with Crippen LogP contribution in [0.1, 0.15) is 15.9 Å². The third-order valence-corrected chi connectivity index (χ3v) is 1.53. The Hall–Kier alpha value is -1.09. The summed E-state index contributed by atoms with van der Waals surface area (Å²) < 4.78 is 0. The maximum atomic E-state index is 11.0. The normalized spacial score (nSPS) is 9.40. The second-order valence-electron chi connectivity index (χ2n) is 3.84. The summed E-state index contributed by atoms with van der Waals surface area (Å²) in [5.41, 5.74) is 1.79. The van der Waals surface area contributed by atoms with Gasteiger partial charge in [0.2, 0.25) is 0 Å². The van der Waals surface area contributed by atoms with Crippen LogP contribution in [-0.2, 0) is 0 Å². The average Bonchev–Trinajstić information content (AvgIpc) is 2.16. The molecule has 15 heavy (non-hydrogen) atoms. The van der Waals surface area contributed by atoms with Crippen molar-refractivity contribution in [1.29, 1.82) is 0 Å². The number of hydrogen-bond donors (Lipinski definition) is 0. The predicted molar refractivity (Wildman–Crippen MR) is 65.7 cm³/mol. The average molecular weight is 203 g/mol. The highest BCUT2D eigenvalue weighted by molar-refractivity contribution is 6.23. The number of nitrogens with zero attached hydrogens (tertiary/aromatic N) is 1. The summed E-state index contributed by atoms with van der Waals surface area (Å²) in [7, 11) is 11.2. The minimum Gasteiger partial charge on any atom is -0.312 e. The first kappa shape index (κ1) is 13.9. The fraction of sp³-hybridized carbons (Fsp3) is 0.417. The van der Waals surface area contributed by atoms with Gasteiger partial charge in [0.15, 0.2) is 5.78 Å². The summed E-state index contributed by atoms with van der Waals surface area (Å²) in [5, 5.41) is 0. The molecule has 0 atom stereocenters. The minimum absolute atomic E-state index is 0.00583.